The lowest BCUT2D eigenvalue weighted by Crippen LogP contribution is -2.30. The molecule has 15 heavy (non-hydrogen) atoms. The lowest BCUT2D eigenvalue weighted by atomic mass is 9.91. The van der Waals surface area contributed by atoms with Gasteiger partial charge < -0.3 is 5.32 Å². The summed E-state index contributed by atoms with van der Waals surface area (Å²) in [5.74, 6) is 6.58. The molecule has 0 radical (unpaired) electrons. The molecule has 1 aromatic rings. The predicted octanol–water partition coefficient (Wildman–Crippen LogP) is 2.79. The molecule has 80 valence electrons. The minimum atomic E-state index is 0.430. The largest absolute Gasteiger partial charge is 0.315 e. The second-order valence-electron chi connectivity index (χ2n) is 3.73. The van der Waals surface area contributed by atoms with Crippen LogP contribution in [0.4, 0.5) is 0 Å². The number of nitrogens with one attached hydrogen (secondary N) is 1. The highest BCUT2D eigenvalue weighted by atomic mass is 14.9. The molecular formula is C14H19N. The Balaban J connectivity index is 2.71. The molecule has 0 aliphatic carbocycles. The molecule has 0 aliphatic heterocycles. The van der Waals surface area contributed by atoms with Gasteiger partial charge in [-0.3, -0.25) is 0 Å². The van der Waals surface area contributed by atoms with Crippen molar-refractivity contribution in [2.45, 2.75) is 32.2 Å². The van der Waals surface area contributed by atoms with E-state index in [4.69, 9.17) is 0 Å². The van der Waals surface area contributed by atoms with Crippen LogP contribution in [0.1, 0.15) is 31.7 Å². The van der Waals surface area contributed by atoms with Crippen LogP contribution in [0, 0.1) is 11.8 Å². The fraction of sp³-hybridized carbons (Fsp3) is 0.429. The van der Waals surface area contributed by atoms with Gasteiger partial charge in [-0.05, 0) is 25.5 Å². The van der Waals surface area contributed by atoms with Crippen molar-refractivity contribution in [2.24, 2.45) is 0 Å². The first kappa shape index (κ1) is 11.8. The van der Waals surface area contributed by atoms with Gasteiger partial charge in [-0.15, -0.1) is 11.8 Å². The van der Waals surface area contributed by atoms with Crippen molar-refractivity contribution in [3.05, 3.63) is 35.9 Å². The maximum Gasteiger partial charge on any atom is 0.0248 e. The monoisotopic (exact) mass is 201 g/mol. The molecule has 2 atom stereocenters. The number of rotatable bonds is 4. The lowest BCUT2D eigenvalue weighted by molar-refractivity contribution is 0.495. The summed E-state index contributed by atoms with van der Waals surface area (Å²) in [4.78, 5) is 0. The molecule has 0 aliphatic rings. The second kappa shape index (κ2) is 6.27. The molecule has 0 bridgehead atoms. The number of benzene rings is 1. The van der Waals surface area contributed by atoms with Crippen LogP contribution in [0.15, 0.2) is 30.3 Å². The first-order chi connectivity index (χ1) is 7.29. The summed E-state index contributed by atoms with van der Waals surface area (Å²) >= 11 is 0. The minimum absolute atomic E-state index is 0.430. The van der Waals surface area contributed by atoms with Crippen molar-refractivity contribution < 1.29 is 0 Å². The van der Waals surface area contributed by atoms with E-state index >= 15 is 0 Å². The molecule has 1 heteroatoms. The molecule has 2 unspecified atom stereocenters. The van der Waals surface area contributed by atoms with Crippen molar-refractivity contribution >= 4 is 0 Å². The smallest absolute Gasteiger partial charge is 0.0248 e. The molecule has 0 aromatic heterocycles. The molecule has 1 N–H and O–H groups in total. The van der Waals surface area contributed by atoms with Gasteiger partial charge in [-0.25, -0.2) is 0 Å². The Labute approximate surface area is 92.9 Å². The van der Waals surface area contributed by atoms with Gasteiger partial charge in [-0.2, -0.15) is 0 Å². The van der Waals surface area contributed by atoms with Crippen LogP contribution in [0.25, 0.3) is 0 Å². The summed E-state index contributed by atoms with van der Waals surface area (Å²) < 4.78 is 0. The van der Waals surface area contributed by atoms with Gasteiger partial charge in [0.1, 0.15) is 0 Å². The average molecular weight is 201 g/mol. The first-order valence-electron chi connectivity index (χ1n) is 5.41. The number of likely N-dealkylation sites (N-methyl/N-ethyl adjacent to an activating group) is 1. The predicted molar refractivity (Wildman–Crippen MR) is 65.8 cm³/mol. The quantitative estimate of drug-likeness (QED) is 0.739. The Bertz CT molecular complexity index is 331. The van der Waals surface area contributed by atoms with E-state index in [2.05, 4.69) is 54.4 Å². The number of hydrogen-bond donors (Lipinski definition) is 1. The first-order valence-corrected chi connectivity index (χ1v) is 5.41. The van der Waals surface area contributed by atoms with Gasteiger partial charge >= 0.3 is 0 Å². The molecule has 0 heterocycles. The summed E-state index contributed by atoms with van der Waals surface area (Å²) in [6, 6.07) is 11.0. The highest BCUT2D eigenvalue weighted by Gasteiger charge is 2.15. The van der Waals surface area contributed by atoms with Crippen molar-refractivity contribution in [2.75, 3.05) is 7.05 Å². The molecule has 1 nitrogen and oxygen atoms in total. The molecule has 0 saturated heterocycles. The van der Waals surface area contributed by atoms with Gasteiger partial charge in [0.2, 0.25) is 0 Å². The normalized spacial score (nSPS) is 13.8. The van der Waals surface area contributed by atoms with Crippen LogP contribution in [0.3, 0.4) is 0 Å². The molecule has 1 aromatic carbocycles. The van der Waals surface area contributed by atoms with Crippen molar-refractivity contribution in [3.8, 4) is 11.8 Å². The van der Waals surface area contributed by atoms with E-state index in [9.17, 15) is 0 Å². The fourth-order valence-corrected chi connectivity index (χ4v) is 1.73. The van der Waals surface area contributed by atoms with E-state index in [0.717, 1.165) is 6.42 Å². The SMILES string of the molecule is CC#CCC(NC)C(C)c1ccccc1. The molecular weight excluding hydrogens is 182 g/mol. The van der Waals surface area contributed by atoms with E-state index in [1.54, 1.807) is 0 Å². The summed E-state index contributed by atoms with van der Waals surface area (Å²) in [5.41, 5.74) is 1.37. The van der Waals surface area contributed by atoms with Crippen molar-refractivity contribution in [1.82, 2.24) is 5.32 Å². The van der Waals surface area contributed by atoms with Crippen molar-refractivity contribution in [3.63, 3.8) is 0 Å². The Kier molecular flexibility index (Phi) is 4.93. The highest BCUT2D eigenvalue weighted by molar-refractivity contribution is 5.21. The van der Waals surface area contributed by atoms with Crippen LogP contribution in [-0.4, -0.2) is 13.1 Å². The van der Waals surface area contributed by atoms with Crippen LogP contribution >= 0.6 is 0 Å². The standard InChI is InChI=1S/C14H19N/c1-4-5-11-14(15-3)12(2)13-9-7-6-8-10-13/h6-10,12,14-15H,11H2,1-3H3. The average Bonchev–Trinajstić information content (AvgIpc) is 2.31. The second-order valence-corrected chi connectivity index (χ2v) is 3.73. The van der Waals surface area contributed by atoms with E-state index < -0.39 is 0 Å². The summed E-state index contributed by atoms with van der Waals surface area (Å²) in [7, 11) is 2.00. The van der Waals surface area contributed by atoms with Gasteiger partial charge in [0.25, 0.3) is 0 Å². The maximum atomic E-state index is 3.33. The van der Waals surface area contributed by atoms with Crippen LogP contribution < -0.4 is 5.32 Å². The zero-order valence-corrected chi connectivity index (χ0v) is 9.75. The molecule has 1 rings (SSSR count). The Morgan fingerprint density at radius 1 is 1.27 bits per heavy atom. The van der Waals surface area contributed by atoms with E-state index in [0.29, 0.717) is 12.0 Å². The van der Waals surface area contributed by atoms with Crippen LogP contribution in [0.2, 0.25) is 0 Å². The van der Waals surface area contributed by atoms with E-state index in [-0.39, 0.29) is 0 Å². The zero-order chi connectivity index (χ0) is 11.1. The van der Waals surface area contributed by atoms with Gasteiger partial charge in [0, 0.05) is 12.5 Å². The summed E-state index contributed by atoms with van der Waals surface area (Å²) in [6.07, 6.45) is 0.906. The van der Waals surface area contributed by atoms with Crippen LogP contribution in [0.5, 0.6) is 0 Å². The zero-order valence-electron chi connectivity index (χ0n) is 9.75. The van der Waals surface area contributed by atoms with Gasteiger partial charge in [0.15, 0.2) is 0 Å². The van der Waals surface area contributed by atoms with E-state index in [1.807, 2.05) is 14.0 Å². The molecule has 0 fully saturated rings. The third kappa shape index (κ3) is 3.42. The summed E-state index contributed by atoms with van der Waals surface area (Å²) in [6.45, 7) is 4.13. The fourth-order valence-electron chi connectivity index (χ4n) is 1.73. The Hall–Kier alpha value is -1.26. The highest BCUT2D eigenvalue weighted by Crippen LogP contribution is 2.20. The van der Waals surface area contributed by atoms with Crippen molar-refractivity contribution in [1.29, 1.82) is 0 Å². The molecule has 0 amide bonds. The number of hydrogen-bond acceptors (Lipinski definition) is 1. The molecule has 0 saturated carbocycles. The third-order valence-electron chi connectivity index (χ3n) is 2.80. The van der Waals surface area contributed by atoms with Crippen LogP contribution in [-0.2, 0) is 0 Å². The Morgan fingerprint density at radius 3 is 2.47 bits per heavy atom. The lowest BCUT2D eigenvalue weighted by Gasteiger charge is -2.21. The molecule has 0 spiro atoms. The Morgan fingerprint density at radius 2 is 1.93 bits per heavy atom. The van der Waals surface area contributed by atoms with E-state index in [1.165, 1.54) is 5.56 Å². The van der Waals surface area contributed by atoms with Gasteiger partial charge in [0.05, 0.1) is 0 Å². The summed E-state index contributed by atoms with van der Waals surface area (Å²) in [5, 5.41) is 3.33. The maximum absolute atomic E-state index is 3.33. The topological polar surface area (TPSA) is 12.0 Å². The minimum Gasteiger partial charge on any atom is -0.315 e. The third-order valence-corrected chi connectivity index (χ3v) is 2.80. The van der Waals surface area contributed by atoms with Gasteiger partial charge in [-0.1, -0.05) is 37.3 Å².